The van der Waals surface area contributed by atoms with Crippen LogP contribution in [0.2, 0.25) is 0 Å². The van der Waals surface area contributed by atoms with Crippen molar-refractivity contribution in [1.29, 1.82) is 0 Å². The molecule has 0 aromatic heterocycles. The fourth-order valence-corrected chi connectivity index (χ4v) is 1.37. The summed E-state index contributed by atoms with van der Waals surface area (Å²) in [6.07, 6.45) is 0.856. The normalized spacial score (nSPS) is 12.2. The summed E-state index contributed by atoms with van der Waals surface area (Å²) < 4.78 is 10.5. The highest BCUT2D eigenvalue weighted by molar-refractivity contribution is 5.82. The Balaban J connectivity index is 2.44. The van der Waals surface area contributed by atoms with Gasteiger partial charge in [-0.15, -0.1) is 0 Å². The standard InChI is InChI=1S/C14H20O3/c1-4-11(2)14(15)10-17-13-7-5-12(6-8-13)9-16-3/h5-8,11H,4,9-10H2,1-3H3. The zero-order chi connectivity index (χ0) is 12.7. The van der Waals surface area contributed by atoms with Crippen LogP contribution in [0.5, 0.6) is 5.75 Å². The maximum atomic E-state index is 11.6. The Morgan fingerprint density at radius 2 is 1.94 bits per heavy atom. The van der Waals surface area contributed by atoms with Crippen LogP contribution >= 0.6 is 0 Å². The maximum Gasteiger partial charge on any atom is 0.172 e. The summed E-state index contributed by atoms with van der Waals surface area (Å²) >= 11 is 0. The molecule has 1 rings (SSSR count). The van der Waals surface area contributed by atoms with Crippen molar-refractivity contribution >= 4 is 5.78 Å². The number of rotatable bonds is 7. The zero-order valence-corrected chi connectivity index (χ0v) is 10.7. The molecule has 0 saturated heterocycles. The van der Waals surface area contributed by atoms with Crippen molar-refractivity contribution in [1.82, 2.24) is 0 Å². The molecule has 0 radical (unpaired) electrons. The largest absolute Gasteiger partial charge is 0.486 e. The van der Waals surface area contributed by atoms with E-state index in [9.17, 15) is 4.79 Å². The topological polar surface area (TPSA) is 35.5 Å². The molecule has 0 aliphatic carbocycles. The molecule has 1 aromatic carbocycles. The van der Waals surface area contributed by atoms with Crippen LogP contribution in [0.3, 0.4) is 0 Å². The van der Waals surface area contributed by atoms with Crippen molar-refractivity contribution in [2.24, 2.45) is 5.92 Å². The molecule has 1 unspecified atom stereocenters. The van der Waals surface area contributed by atoms with Gasteiger partial charge >= 0.3 is 0 Å². The van der Waals surface area contributed by atoms with Gasteiger partial charge in [0.1, 0.15) is 12.4 Å². The third-order valence-corrected chi connectivity index (χ3v) is 2.78. The average Bonchev–Trinajstić information content (AvgIpc) is 2.37. The SMILES string of the molecule is CCC(C)C(=O)COc1ccc(COC)cc1. The highest BCUT2D eigenvalue weighted by atomic mass is 16.5. The molecule has 0 N–H and O–H groups in total. The molecule has 0 spiro atoms. The van der Waals surface area contributed by atoms with Crippen LogP contribution in [-0.2, 0) is 16.1 Å². The van der Waals surface area contributed by atoms with E-state index in [0.717, 1.165) is 17.7 Å². The first-order valence-electron chi connectivity index (χ1n) is 5.90. The van der Waals surface area contributed by atoms with Gasteiger partial charge in [-0.2, -0.15) is 0 Å². The van der Waals surface area contributed by atoms with Crippen molar-refractivity contribution < 1.29 is 14.3 Å². The lowest BCUT2D eigenvalue weighted by molar-refractivity contribution is -0.124. The predicted octanol–water partition coefficient (Wildman–Crippen LogP) is 2.83. The third kappa shape index (κ3) is 4.57. The first-order chi connectivity index (χ1) is 8.17. The summed E-state index contributed by atoms with van der Waals surface area (Å²) in [6, 6.07) is 7.59. The Morgan fingerprint density at radius 3 is 2.47 bits per heavy atom. The van der Waals surface area contributed by atoms with Gasteiger partial charge in [-0.25, -0.2) is 0 Å². The lowest BCUT2D eigenvalue weighted by atomic mass is 10.0. The Morgan fingerprint density at radius 1 is 1.29 bits per heavy atom. The van der Waals surface area contributed by atoms with Crippen LogP contribution in [0.15, 0.2) is 24.3 Å². The van der Waals surface area contributed by atoms with Crippen molar-refractivity contribution in [3.8, 4) is 5.75 Å². The number of hydrogen-bond acceptors (Lipinski definition) is 3. The number of Topliss-reactive ketones (excluding diaryl/α,β-unsaturated/α-hetero) is 1. The molecular weight excluding hydrogens is 216 g/mol. The van der Waals surface area contributed by atoms with Gasteiger partial charge in [0, 0.05) is 13.0 Å². The van der Waals surface area contributed by atoms with Crippen LogP contribution in [0, 0.1) is 5.92 Å². The molecule has 0 bridgehead atoms. The molecule has 3 nitrogen and oxygen atoms in total. The van der Waals surface area contributed by atoms with Crippen molar-refractivity contribution in [2.45, 2.75) is 26.9 Å². The lowest BCUT2D eigenvalue weighted by Gasteiger charge is -2.09. The smallest absolute Gasteiger partial charge is 0.172 e. The van der Waals surface area contributed by atoms with Gasteiger partial charge in [0.25, 0.3) is 0 Å². The van der Waals surface area contributed by atoms with E-state index in [0.29, 0.717) is 6.61 Å². The highest BCUT2D eigenvalue weighted by Gasteiger charge is 2.10. The predicted molar refractivity (Wildman–Crippen MR) is 67.1 cm³/mol. The average molecular weight is 236 g/mol. The summed E-state index contributed by atoms with van der Waals surface area (Å²) in [5, 5.41) is 0. The van der Waals surface area contributed by atoms with Crippen molar-refractivity contribution in [3.63, 3.8) is 0 Å². The minimum absolute atomic E-state index is 0.0720. The number of methoxy groups -OCH3 is 1. The van der Waals surface area contributed by atoms with E-state index in [4.69, 9.17) is 9.47 Å². The molecule has 0 amide bonds. The molecule has 1 aromatic rings. The van der Waals surface area contributed by atoms with E-state index < -0.39 is 0 Å². The van der Waals surface area contributed by atoms with Crippen molar-refractivity contribution in [3.05, 3.63) is 29.8 Å². The van der Waals surface area contributed by atoms with Gasteiger partial charge in [0.15, 0.2) is 5.78 Å². The second kappa shape index (κ2) is 7.07. The maximum absolute atomic E-state index is 11.6. The van der Waals surface area contributed by atoms with Crippen LogP contribution in [0.25, 0.3) is 0 Å². The quantitative estimate of drug-likeness (QED) is 0.730. The third-order valence-electron chi connectivity index (χ3n) is 2.78. The first kappa shape index (κ1) is 13.7. The summed E-state index contributed by atoms with van der Waals surface area (Å²) in [5.74, 6) is 0.942. The molecular formula is C14H20O3. The minimum atomic E-state index is 0.0720. The van der Waals surface area contributed by atoms with E-state index in [-0.39, 0.29) is 18.3 Å². The molecule has 0 fully saturated rings. The molecule has 0 saturated carbocycles. The molecule has 17 heavy (non-hydrogen) atoms. The molecule has 0 heterocycles. The minimum Gasteiger partial charge on any atom is -0.486 e. The van der Waals surface area contributed by atoms with Gasteiger partial charge < -0.3 is 9.47 Å². The van der Waals surface area contributed by atoms with Gasteiger partial charge in [-0.3, -0.25) is 4.79 Å². The van der Waals surface area contributed by atoms with Crippen LogP contribution in [-0.4, -0.2) is 19.5 Å². The monoisotopic (exact) mass is 236 g/mol. The van der Waals surface area contributed by atoms with Gasteiger partial charge in [-0.05, 0) is 24.1 Å². The van der Waals surface area contributed by atoms with E-state index in [1.807, 2.05) is 38.1 Å². The fraction of sp³-hybridized carbons (Fsp3) is 0.500. The Labute approximate surface area is 103 Å². The first-order valence-corrected chi connectivity index (χ1v) is 5.90. The Kier molecular flexibility index (Phi) is 5.70. The van der Waals surface area contributed by atoms with Crippen molar-refractivity contribution in [2.75, 3.05) is 13.7 Å². The summed E-state index contributed by atoms with van der Waals surface area (Å²) in [5.41, 5.74) is 1.09. The molecule has 0 aliphatic heterocycles. The summed E-state index contributed by atoms with van der Waals surface area (Å²) in [4.78, 5) is 11.6. The lowest BCUT2D eigenvalue weighted by Crippen LogP contribution is -2.18. The molecule has 0 aliphatic rings. The molecule has 1 atom stereocenters. The summed E-state index contributed by atoms with van der Waals surface area (Å²) in [7, 11) is 1.66. The molecule has 3 heteroatoms. The fourth-order valence-electron chi connectivity index (χ4n) is 1.37. The number of hydrogen-bond donors (Lipinski definition) is 0. The Hall–Kier alpha value is -1.35. The van der Waals surface area contributed by atoms with Gasteiger partial charge in [0.05, 0.1) is 6.61 Å². The van der Waals surface area contributed by atoms with Crippen LogP contribution in [0.4, 0.5) is 0 Å². The second-order valence-corrected chi connectivity index (χ2v) is 4.14. The van der Waals surface area contributed by atoms with Gasteiger partial charge in [-0.1, -0.05) is 26.0 Å². The number of ether oxygens (including phenoxy) is 2. The van der Waals surface area contributed by atoms with E-state index in [1.165, 1.54) is 0 Å². The Bertz CT molecular complexity index is 343. The number of carbonyl (C=O) groups is 1. The number of ketones is 1. The van der Waals surface area contributed by atoms with Crippen LogP contribution in [0.1, 0.15) is 25.8 Å². The highest BCUT2D eigenvalue weighted by Crippen LogP contribution is 2.13. The van der Waals surface area contributed by atoms with Crippen LogP contribution < -0.4 is 4.74 Å². The number of benzene rings is 1. The van der Waals surface area contributed by atoms with E-state index >= 15 is 0 Å². The van der Waals surface area contributed by atoms with E-state index in [1.54, 1.807) is 7.11 Å². The van der Waals surface area contributed by atoms with E-state index in [2.05, 4.69) is 0 Å². The second-order valence-electron chi connectivity index (χ2n) is 4.14. The van der Waals surface area contributed by atoms with Gasteiger partial charge in [0.2, 0.25) is 0 Å². The molecule has 94 valence electrons. The zero-order valence-electron chi connectivity index (χ0n) is 10.7. The summed E-state index contributed by atoms with van der Waals surface area (Å²) in [6.45, 7) is 4.67. The number of carbonyl (C=O) groups excluding carboxylic acids is 1.